The van der Waals surface area contributed by atoms with Gasteiger partial charge in [-0.2, -0.15) is 0 Å². The van der Waals surface area contributed by atoms with Crippen molar-refractivity contribution in [2.75, 3.05) is 10.6 Å². The zero-order valence-corrected chi connectivity index (χ0v) is 15.1. The molecular formula is C15H15FN4O3S2. The van der Waals surface area contributed by atoms with Crippen molar-refractivity contribution in [1.82, 2.24) is 15.2 Å². The molecule has 132 valence electrons. The van der Waals surface area contributed by atoms with Crippen LogP contribution in [0.5, 0.6) is 0 Å². The van der Waals surface area contributed by atoms with Crippen LogP contribution in [0.3, 0.4) is 0 Å². The molecule has 1 atom stereocenters. The normalized spacial score (nSPS) is 12.9. The summed E-state index contributed by atoms with van der Waals surface area (Å²) >= 11 is 1.21. The Morgan fingerprint density at radius 2 is 2.00 bits per heavy atom. The van der Waals surface area contributed by atoms with E-state index in [4.69, 9.17) is 4.42 Å². The summed E-state index contributed by atoms with van der Waals surface area (Å²) in [5.41, 5.74) is 0.549. The summed E-state index contributed by atoms with van der Waals surface area (Å²) in [5.74, 6) is 0.0564. The van der Waals surface area contributed by atoms with Crippen molar-refractivity contribution in [3.05, 3.63) is 47.4 Å². The van der Waals surface area contributed by atoms with Crippen molar-refractivity contribution in [1.29, 1.82) is 0 Å². The molecule has 0 N–H and O–H groups in total. The molecular weight excluding hydrogens is 367 g/mol. The van der Waals surface area contributed by atoms with Crippen molar-refractivity contribution in [3.8, 4) is 10.8 Å². The topological polar surface area (TPSA) is 89.2 Å². The molecule has 0 amide bonds. The second-order valence-electron chi connectivity index (χ2n) is 5.28. The lowest BCUT2D eigenvalue weighted by molar-refractivity contribution is 0.301. The minimum atomic E-state index is -3.48. The molecule has 0 bridgehead atoms. The molecule has 0 saturated carbocycles. The van der Waals surface area contributed by atoms with Crippen molar-refractivity contribution >= 4 is 27.0 Å². The quantitative estimate of drug-likeness (QED) is 0.650. The van der Waals surface area contributed by atoms with E-state index >= 15 is 0 Å². The maximum atomic E-state index is 13.2. The molecule has 1 aromatic carbocycles. The van der Waals surface area contributed by atoms with Gasteiger partial charge in [0.2, 0.25) is 10.0 Å². The summed E-state index contributed by atoms with van der Waals surface area (Å²) in [6, 6.07) is 8.76. The van der Waals surface area contributed by atoms with E-state index in [1.54, 1.807) is 24.3 Å². The highest BCUT2D eigenvalue weighted by molar-refractivity contribution is 7.92. The van der Waals surface area contributed by atoms with Gasteiger partial charge >= 0.3 is 0 Å². The first-order chi connectivity index (χ1) is 11.8. The number of anilines is 1. The summed E-state index contributed by atoms with van der Waals surface area (Å²) < 4.78 is 43.9. The average Bonchev–Trinajstić information content (AvgIpc) is 3.21. The minimum Gasteiger partial charge on any atom is -0.417 e. The van der Waals surface area contributed by atoms with Crippen molar-refractivity contribution in [3.63, 3.8) is 0 Å². The fraction of sp³-hybridized carbons (Fsp3) is 0.267. The number of rotatable bonds is 6. The second-order valence-corrected chi connectivity index (χ2v) is 8.31. The molecule has 0 radical (unpaired) electrons. The molecule has 0 aliphatic rings. The molecule has 2 heterocycles. The molecule has 3 aromatic rings. The van der Waals surface area contributed by atoms with Gasteiger partial charge in [-0.15, -0.1) is 21.5 Å². The largest absolute Gasteiger partial charge is 0.417 e. The number of para-hydroxylation sites is 1. The van der Waals surface area contributed by atoms with Gasteiger partial charge in [0.25, 0.3) is 11.8 Å². The monoisotopic (exact) mass is 382 g/mol. The Morgan fingerprint density at radius 3 is 2.60 bits per heavy atom. The maximum absolute atomic E-state index is 13.2. The molecule has 1 unspecified atom stereocenters. The number of alkyl halides is 1. The first-order valence-corrected chi connectivity index (χ1v) is 9.96. The SMILES string of the molecule is CC(F)c1nnc(-c2cnc(CN(c3ccccc3)S(C)(=O)=O)s2)o1. The molecule has 0 saturated heterocycles. The third-order valence-electron chi connectivity index (χ3n) is 3.27. The summed E-state index contributed by atoms with van der Waals surface area (Å²) in [4.78, 5) is 4.77. The van der Waals surface area contributed by atoms with E-state index < -0.39 is 16.2 Å². The molecule has 10 heteroatoms. The Labute approximate surface area is 148 Å². The second kappa shape index (κ2) is 6.89. The van der Waals surface area contributed by atoms with Gasteiger partial charge in [-0.25, -0.2) is 17.8 Å². The van der Waals surface area contributed by atoms with Gasteiger partial charge in [-0.3, -0.25) is 4.31 Å². The number of benzene rings is 1. The van der Waals surface area contributed by atoms with Crippen LogP contribution >= 0.6 is 11.3 Å². The number of hydrogen-bond donors (Lipinski definition) is 0. The zero-order valence-electron chi connectivity index (χ0n) is 13.5. The van der Waals surface area contributed by atoms with Gasteiger partial charge < -0.3 is 4.42 Å². The van der Waals surface area contributed by atoms with Crippen LogP contribution in [-0.4, -0.2) is 29.9 Å². The predicted molar refractivity (Wildman–Crippen MR) is 92.4 cm³/mol. The summed E-state index contributed by atoms with van der Waals surface area (Å²) in [6.45, 7) is 1.38. The van der Waals surface area contributed by atoms with Crippen LogP contribution < -0.4 is 4.31 Å². The van der Waals surface area contributed by atoms with Crippen LogP contribution in [-0.2, 0) is 16.6 Å². The zero-order chi connectivity index (χ0) is 18.0. The third-order valence-corrected chi connectivity index (χ3v) is 5.38. The van der Waals surface area contributed by atoms with E-state index in [1.165, 1.54) is 28.8 Å². The summed E-state index contributed by atoms with van der Waals surface area (Å²) in [5, 5.41) is 7.97. The average molecular weight is 382 g/mol. The molecule has 3 rings (SSSR count). The van der Waals surface area contributed by atoms with Crippen LogP contribution in [0.2, 0.25) is 0 Å². The van der Waals surface area contributed by atoms with Gasteiger partial charge in [-0.1, -0.05) is 18.2 Å². The Balaban J connectivity index is 1.86. The molecule has 0 spiro atoms. The number of nitrogens with zero attached hydrogens (tertiary/aromatic N) is 4. The smallest absolute Gasteiger partial charge is 0.259 e. The molecule has 0 fully saturated rings. The van der Waals surface area contributed by atoms with Gasteiger partial charge in [0.05, 0.1) is 24.7 Å². The standard InChI is InChI=1S/C15H15FN4O3S2/c1-10(16)14-18-19-15(23-14)12-8-17-13(24-12)9-20(25(2,21)22)11-6-4-3-5-7-11/h3-8,10H,9H2,1-2H3. The highest BCUT2D eigenvalue weighted by Crippen LogP contribution is 2.29. The van der Waals surface area contributed by atoms with Crippen molar-refractivity contribution < 1.29 is 17.2 Å². The van der Waals surface area contributed by atoms with Crippen molar-refractivity contribution in [2.45, 2.75) is 19.6 Å². The Hall–Kier alpha value is -2.33. The summed E-state index contributed by atoms with van der Waals surface area (Å²) in [7, 11) is -3.48. The van der Waals surface area contributed by atoms with Gasteiger partial charge in [-0.05, 0) is 19.1 Å². The molecule has 2 aromatic heterocycles. The van der Waals surface area contributed by atoms with Crippen LogP contribution in [0, 0.1) is 0 Å². The fourth-order valence-electron chi connectivity index (χ4n) is 2.09. The lowest BCUT2D eigenvalue weighted by Crippen LogP contribution is -2.29. The summed E-state index contributed by atoms with van der Waals surface area (Å²) in [6.07, 6.45) is 1.29. The van der Waals surface area contributed by atoms with E-state index in [9.17, 15) is 12.8 Å². The van der Waals surface area contributed by atoms with Crippen LogP contribution in [0.4, 0.5) is 10.1 Å². The number of aromatic nitrogens is 3. The number of hydrogen-bond acceptors (Lipinski definition) is 7. The van der Waals surface area contributed by atoms with Crippen LogP contribution in [0.15, 0.2) is 40.9 Å². The number of thiazole rings is 1. The number of sulfonamides is 1. The first kappa shape index (κ1) is 17.5. The fourth-order valence-corrected chi connectivity index (χ4v) is 3.87. The van der Waals surface area contributed by atoms with E-state index in [2.05, 4.69) is 15.2 Å². The molecule has 0 aliphatic carbocycles. The minimum absolute atomic E-state index is 0.0774. The highest BCUT2D eigenvalue weighted by Gasteiger charge is 2.21. The van der Waals surface area contributed by atoms with Gasteiger partial charge in [0.15, 0.2) is 6.17 Å². The highest BCUT2D eigenvalue weighted by atomic mass is 32.2. The lowest BCUT2D eigenvalue weighted by atomic mass is 10.3. The molecule has 7 nitrogen and oxygen atoms in total. The predicted octanol–water partition coefficient (Wildman–Crippen LogP) is 3.19. The molecule has 25 heavy (non-hydrogen) atoms. The third kappa shape index (κ3) is 4.02. The Bertz CT molecular complexity index is 954. The van der Waals surface area contributed by atoms with Gasteiger partial charge in [0, 0.05) is 0 Å². The van der Waals surface area contributed by atoms with E-state index in [0.29, 0.717) is 15.6 Å². The maximum Gasteiger partial charge on any atom is 0.259 e. The van der Waals surface area contributed by atoms with E-state index in [1.807, 2.05) is 6.07 Å². The first-order valence-electron chi connectivity index (χ1n) is 7.30. The number of halogens is 1. The van der Waals surface area contributed by atoms with E-state index in [0.717, 1.165) is 6.26 Å². The van der Waals surface area contributed by atoms with Gasteiger partial charge in [0.1, 0.15) is 9.88 Å². The van der Waals surface area contributed by atoms with Crippen LogP contribution in [0.25, 0.3) is 10.8 Å². The van der Waals surface area contributed by atoms with Crippen molar-refractivity contribution in [2.24, 2.45) is 0 Å². The van der Waals surface area contributed by atoms with Crippen LogP contribution in [0.1, 0.15) is 24.0 Å². The Kier molecular flexibility index (Phi) is 4.82. The van der Waals surface area contributed by atoms with E-state index in [-0.39, 0.29) is 18.3 Å². The Morgan fingerprint density at radius 1 is 1.28 bits per heavy atom. The molecule has 0 aliphatic heterocycles. The lowest BCUT2D eigenvalue weighted by Gasteiger charge is -2.21.